The van der Waals surface area contributed by atoms with Gasteiger partial charge in [0.15, 0.2) is 0 Å². The first-order chi connectivity index (χ1) is 5.92. The van der Waals surface area contributed by atoms with Crippen LogP contribution >= 0.6 is 23.7 Å². The summed E-state index contributed by atoms with van der Waals surface area (Å²) >= 11 is 1.81. The third-order valence-corrected chi connectivity index (χ3v) is 3.26. The normalized spacial score (nSPS) is 19.9. The summed E-state index contributed by atoms with van der Waals surface area (Å²) in [7, 11) is 2.00. The van der Waals surface area contributed by atoms with Crippen molar-refractivity contribution in [2.45, 2.75) is 12.3 Å². The molecule has 0 spiro atoms. The minimum atomic E-state index is 0. The first-order valence-corrected chi connectivity index (χ1v) is 5.14. The van der Waals surface area contributed by atoms with Crippen molar-refractivity contribution in [1.82, 2.24) is 5.32 Å². The molecule has 1 aliphatic heterocycles. The van der Waals surface area contributed by atoms with E-state index in [9.17, 15) is 0 Å². The second-order valence-corrected chi connectivity index (χ2v) is 3.99. The minimum absolute atomic E-state index is 0. The van der Waals surface area contributed by atoms with Crippen molar-refractivity contribution in [3.63, 3.8) is 0 Å². The number of likely N-dealkylation sites (N-methyl/N-ethyl adjacent to an activating group) is 1. The van der Waals surface area contributed by atoms with E-state index in [-0.39, 0.29) is 12.4 Å². The lowest BCUT2D eigenvalue weighted by Crippen LogP contribution is -2.22. The van der Waals surface area contributed by atoms with Gasteiger partial charge in [0.2, 0.25) is 0 Å². The molecule has 0 aliphatic carbocycles. The number of ether oxygens (including phenoxy) is 1. The zero-order valence-electron chi connectivity index (χ0n) is 7.58. The molecule has 2 nitrogen and oxygen atoms in total. The zero-order valence-corrected chi connectivity index (χ0v) is 9.21. The van der Waals surface area contributed by atoms with E-state index in [1.165, 1.54) is 4.88 Å². The molecular weight excluding hydrogens is 206 g/mol. The largest absolute Gasteiger partial charge is 0.492 e. The fraction of sp³-hybridized carbons (Fsp3) is 0.556. The molecule has 0 saturated heterocycles. The van der Waals surface area contributed by atoms with Crippen LogP contribution in [0.5, 0.6) is 5.75 Å². The Bertz CT molecular complexity index is 264. The Hall–Kier alpha value is -0.250. The van der Waals surface area contributed by atoms with E-state index in [1.54, 1.807) is 0 Å². The van der Waals surface area contributed by atoms with Crippen LogP contribution in [0.15, 0.2) is 11.4 Å². The molecule has 74 valence electrons. The van der Waals surface area contributed by atoms with E-state index in [1.807, 2.05) is 18.4 Å². The highest BCUT2D eigenvalue weighted by molar-refractivity contribution is 7.10. The molecule has 0 saturated carbocycles. The van der Waals surface area contributed by atoms with E-state index in [4.69, 9.17) is 4.74 Å². The Morgan fingerprint density at radius 2 is 2.54 bits per heavy atom. The molecule has 0 amide bonds. The number of hydrogen-bond acceptors (Lipinski definition) is 3. The van der Waals surface area contributed by atoms with Gasteiger partial charge < -0.3 is 10.1 Å². The second-order valence-electron chi connectivity index (χ2n) is 3.04. The van der Waals surface area contributed by atoms with Gasteiger partial charge in [-0.05, 0) is 24.9 Å². The minimum Gasteiger partial charge on any atom is -0.492 e. The average Bonchev–Trinajstić information content (AvgIpc) is 2.53. The standard InChI is InChI=1S/C9H13NOS.ClH/c1-10-6-7-2-4-11-8-3-5-12-9(7)8;/h3,5,7,10H,2,4,6H2,1H3;1H. The van der Waals surface area contributed by atoms with Crippen LogP contribution < -0.4 is 10.1 Å². The Morgan fingerprint density at radius 1 is 1.69 bits per heavy atom. The summed E-state index contributed by atoms with van der Waals surface area (Å²) in [5, 5.41) is 5.33. The molecule has 1 N–H and O–H groups in total. The Balaban J connectivity index is 0.000000845. The van der Waals surface area contributed by atoms with Gasteiger partial charge in [0, 0.05) is 12.5 Å². The Morgan fingerprint density at radius 3 is 3.31 bits per heavy atom. The number of fused-ring (bicyclic) bond motifs is 1. The first kappa shape index (κ1) is 10.8. The van der Waals surface area contributed by atoms with E-state index in [0.29, 0.717) is 5.92 Å². The molecule has 0 radical (unpaired) electrons. The van der Waals surface area contributed by atoms with Gasteiger partial charge in [-0.1, -0.05) is 0 Å². The van der Waals surface area contributed by atoms with E-state index in [2.05, 4.69) is 16.8 Å². The SMILES string of the molecule is CNCC1CCOc2ccsc21.Cl. The lowest BCUT2D eigenvalue weighted by Gasteiger charge is -2.22. The Labute approximate surface area is 88.7 Å². The maximum Gasteiger partial charge on any atom is 0.133 e. The highest BCUT2D eigenvalue weighted by Crippen LogP contribution is 2.37. The van der Waals surface area contributed by atoms with Gasteiger partial charge in [0.05, 0.1) is 11.5 Å². The molecule has 1 unspecified atom stereocenters. The van der Waals surface area contributed by atoms with Gasteiger partial charge in [0.25, 0.3) is 0 Å². The molecule has 0 aromatic carbocycles. The summed E-state index contributed by atoms with van der Waals surface area (Å²) in [5.74, 6) is 1.77. The third kappa shape index (κ3) is 2.16. The van der Waals surface area contributed by atoms with Crippen LogP contribution in [0, 0.1) is 0 Å². The van der Waals surface area contributed by atoms with Gasteiger partial charge >= 0.3 is 0 Å². The number of hydrogen-bond donors (Lipinski definition) is 1. The smallest absolute Gasteiger partial charge is 0.133 e. The number of nitrogens with one attached hydrogen (secondary N) is 1. The van der Waals surface area contributed by atoms with Crippen molar-refractivity contribution >= 4 is 23.7 Å². The molecule has 1 aromatic heterocycles. The lowest BCUT2D eigenvalue weighted by atomic mass is 10.0. The average molecular weight is 220 g/mol. The van der Waals surface area contributed by atoms with Crippen LogP contribution in [0.1, 0.15) is 17.2 Å². The number of halogens is 1. The fourth-order valence-corrected chi connectivity index (χ4v) is 2.58. The van der Waals surface area contributed by atoms with E-state index < -0.39 is 0 Å². The highest BCUT2D eigenvalue weighted by Gasteiger charge is 2.21. The third-order valence-electron chi connectivity index (χ3n) is 2.20. The van der Waals surface area contributed by atoms with Crippen molar-refractivity contribution in [2.24, 2.45) is 0 Å². The summed E-state index contributed by atoms with van der Waals surface area (Å²) < 4.78 is 5.52. The maximum absolute atomic E-state index is 5.52. The van der Waals surface area contributed by atoms with Crippen LogP contribution in [0.2, 0.25) is 0 Å². The van der Waals surface area contributed by atoms with Crippen LogP contribution in [-0.2, 0) is 0 Å². The summed E-state index contributed by atoms with van der Waals surface area (Å²) in [6, 6.07) is 2.07. The predicted molar refractivity (Wildman–Crippen MR) is 58.3 cm³/mol. The van der Waals surface area contributed by atoms with Crippen molar-refractivity contribution in [1.29, 1.82) is 0 Å². The molecule has 2 rings (SSSR count). The van der Waals surface area contributed by atoms with E-state index >= 15 is 0 Å². The number of thiophene rings is 1. The van der Waals surface area contributed by atoms with E-state index in [0.717, 1.165) is 25.3 Å². The van der Waals surface area contributed by atoms with Crippen molar-refractivity contribution in [3.05, 3.63) is 16.3 Å². The van der Waals surface area contributed by atoms with Crippen molar-refractivity contribution < 1.29 is 4.74 Å². The predicted octanol–water partition coefficient (Wildman–Crippen LogP) is 2.26. The molecule has 0 fully saturated rings. The molecule has 2 heterocycles. The molecular formula is C9H14ClNOS. The van der Waals surface area contributed by atoms with Gasteiger partial charge in [-0.25, -0.2) is 0 Å². The second kappa shape index (κ2) is 4.84. The molecule has 1 aromatic rings. The fourth-order valence-electron chi connectivity index (χ4n) is 1.61. The monoisotopic (exact) mass is 219 g/mol. The summed E-state index contributed by atoms with van der Waals surface area (Å²) in [6.45, 7) is 1.94. The lowest BCUT2D eigenvalue weighted by molar-refractivity contribution is 0.270. The topological polar surface area (TPSA) is 21.3 Å². The first-order valence-electron chi connectivity index (χ1n) is 4.26. The number of rotatable bonds is 2. The van der Waals surface area contributed by atoms with Gasteiger partial charge in [-0.15, -0.1) is 23.7 Å². The summed E-state index contributed by atoms with van der Waals surface area (Å²) in [4.78, 5) is 1.41. The molecule has 1 atom stereocenters. The summed E-state index contributed by atoms with van der Waals surface area (Å²) in [5.41, 5.74) is 0. The van der Waals surface area contributed by atoms with Gasteiger partial charge in [-0.2, -0.15) is 0 Å². The van der Waals surface area contributed by atoms with Crippen LogP contribution in [0.4, 0.5) is 0 Å². The van der Waals surface area contributed by atoms with Crippen LogP contribution in [0.25, 0.3) is 0 Å². The maximum atomic E-state index is 5.52. The van der Waals surface area contributed by atoms with Crippen LogP contribution in [0.3, 0.4) is 0 Å². The van der Waals surface area contributed by atoms with Crippen LogP contribution in [-0.4, -0.2) is 20.2 Å². The molecule has 0 bridgehead atoms. The molecule has 13 heavy (non-hydrogen) atoms. The highest BCUT2D eigenvalue weighted by atomic mass is 35.5. The molecule has 1 aliphatic rings. The van der Waals surface area contributed by atoms with Crippen molar-refractivity contribution in [3.8, 4) is 5.75 Å². The quantitative estimate of drug-likeness (QED) is 0.824. The summed E-state index contributed by atoms with van der Waals surface area (Å²) in [6.07, 6.45) is 1.15. The molecule has 4 heteroatoms. The Kier molecular flexibility index (Phi) is 4.03. The van der Waals surface area contributed by atoms with Crippen molar-refractivity contribution in [2.75, 3.05) is 20.2 Å². The van der Waals surface area contributed by atoms with Gasteiger partial charge in [0.1, 0.15) is 5.75 Å². The zero-order chi connectivity index (χ0) is 8.39. The van der Waals surface area contributed by atoms with Gasteiger partial charge in [-0.3, -0.25) is 0 Å².